The van der Waals surface area contributed by atoms with Crippen LogP contribution in [0.4, 0.5) is 0 Å². The molecule has 0 fully saturated rings. The molecule has 1 heterocycles. The van der Waals surface area contributed by atoms with E-state index in [1.165, 1.54) is 0 Å². The monoisotopic (exact) mass is 189 g/mol. The maximum absolute atomic E-state index is 10.9. The third-order valence-corrected chi connectivity index (χ3v) is 2.33. The van der Waals surface area contributed by atoms with Gasteiger partial charge in [0.25, 0.3) is 0 Å². The van der Waals surface area contributed by atoms with Crippen molar-refractivity contribution in [2.75, 3.05) is 6.54 Å². The molecule has 0 saturated carbocycles. The largest absolute Gasteiger partial charge is 0.478 e. The van der Waals surface area contributed by atoms with Crippen molar-refractivity contribution in [1.29, 1.82) is 0 Å². The van der Waals surface area contributed by atoms with Gasteiger partial charge >= 0.3 is 5.97 Å². The summed E-state index contributed by atoms with van der Waals surface area (Å²) < 4.78 is 0. The molecule has 1 aliphatic rings. The Hall–Kier alpha value is -1.61. The number of hydrogen-bond acceptors (Lipinski definition) is 2. The predicted molar refractivity (Wildman–Crippen MR) is 52.9 cm³/mol. The van der Waals surface area contributed by atoms with Crippen LogP contribution in [0.3, 0.4) is 0 Å². The number of aliphatic carboxylic acids is 1. The third-order valence-electron chi connectivity index (χ3n) is 2.33. The lowest BCUT2D eigenvalue weighted by Crippen LogP contribution is -2.19. The minimum atomic E-state index is -0.844. The molecule has 0 amide bonds. The van der Waals surface area contributed by atoms with Crippen molar-refractivity contribution in [2.45, 2.75) is 6.04 Å². The van der Waals surface area contributed by atoms with Gasteiger partial charge in [-0.1, -0.05) is 36.4 Å². The van der Waals surface area contributed by atoms with Crippen molar-refractivity contribution in [3.63, 3.8) is 0 Å². The van der Waals surface area contributed by atoms with E-state index in [1.807, 2.05) is 30.3 Å². The summed E-state index contributed by atoms with van der Waals surface area (Å²) >= 11 is 0. The Morgan fingerprint density at radius 2 is 2.07 bits per heavy atom. The number of benzene rings is 1. The van der Waals surface area contributed by atoms with Gasteiger partial charge in [-0.25, -0.2) is 4.79 Å². The summed E-state index contributed by atoms with van der Waals surface area (Å²) in [5.74, 6) is -0.844. The normalized spacial score (nSPS) is 20.6. The maximum atomic E-state index is 10.9. The van der Waals surface area contributed by atoms with Crippen LogP contribution in [-0.2, 0) is 4.79 Å². The summed E-state index contributed by atoms with van der Waals surface area (Å²) in [6, 6.07) is 9.44. The minimum Gasteiger partial charge on any atom is -0.478 e. The minimum absolute atomic E-state index is 0.159. The van der Waals surface area contributed by atoms with Crippen molar-refractivity contribution in [3.8, 4) is 0 Å². The highest BCUT2D eigenvalue weighted by atomic mass is 16.4. The summed E-state index contributed by atoms with van der Waals surface area (Å²) in [5, 5.41) is 12.1. The molecule has 2 rings (SSSR count). The van der Waals surface area contributed by atoms with Gasteiger partial charge in [0, 0.05) is 6.54 Å². The Morgan fingerprint density at radius 1 is 1.36 bits per heavy atom. The molecule has 72 valence electrons. The molecule has 3 heteroatoms. The van der Waals surface area contributed by atoms with Gasteiger partial charge in [-0.05, 0) is 5.56 Å². The van der Waals surface area contributed by atoms with Crippen LogP contribution < -0.4 is 5.32 Å². The van der Waals surface area contributed by atoms with E-state index in [9.17, 15) is 4.79 Å². The molecule has 1 aromatic rings. The number of hydrogen-bond donors (Lipinski definition) is 2. The maximum Gasteiger partial charge on any atom is 0.333 e. The van der Waals surface area contributed by atoms with Crippen LogP contribution in [0.15, 0.2) is 42.0 Å². The Morgan fingerprint density at radius 3 is 2.71 bits per heavy atom. The van der Waals surface area contributed by atoms with Gasteiger partial charge in [-0.2, -0.15) is 0 Å². The second-order valence-corrected chi connectivity index (χ2v) is 3.22. The molecule has 0 spiro atoms. The molecule has 14 heavy (non-hydrogen) atoms. The molecule has 0 aliphatic carbocycles. The van der Waals surface area contributed by atoms with E-state index in [4.69, 9.17) is 5.11 Å². The molecule has 1 atom stereocenters. The molecule has 3 nitrogen and oxygen atoms in total. The van der Waals surface area contributed by atoms with E-state index in [0.29, 0.717) is 12.1 Å². The lowest BCUT2D eigenvalue weighted by molar-refractivity contribution is -0.132. The van der Waals surface area contributed by atoms with Crippen molar-refractivity contribution in [3.05, 3.63) is 47.5 Å². The molecule has 2 N–H and O–H groups in total. The van der Waals surface area contributed by atoms with Crippen LogP contribution in [0.2, 0.25) is 0 Å². The quantitative estimate of drug-likeness (QED) is 0.738. The summed E-state index contributed by atoms with van der Waals surface area (Å²) in [6.45, 7) is 0.626. The van der Waals surface area contributed by atoms with Gasteiger partial charge in [-0.3, -0.25) is 0 Å². The Labute approximate surface area is 82.1 Å². The zero-order valence-corrected chi connectivity index (χ0v) is 7.60. The van der Waals surface area contributed by atoms with E-state index < -0.39 is 5.97 Å². The molecule has 1 aromatic carbocycles. The van der Waals surface area contributed by atoms with Crippen LogP contribution in [0.1, 0.15) is 11.6 Å². The zero-order valence-electron chi connectivity index (χ0n) is 7.60. The molecule has 1 aliphatic heterocycles. The van der Waals surface area contributed by atoms with Crippen LogP contribution in [0.25, 0.3) is 0 Å². The molecule has 0 aromatic heterocycles. The zero-order chi connectivity index (χ0) is 9.97. The smallest absolute Gasteiger partial charge is 0.333 e. The van der Waals surface area contributed by atoms with Gasteiger partial charge in [0.05, 0.1) is 11.6 Å². The predicted octanol–water partition coefficient (Wildman–Crippen LogP) is 1.34. The lowest BCUT2D eigenvalue weighted by Gasteiger charge is -2.12. The third kappa shape index (κ3) is 1.54. The SMILES string of the molecule is O=C(O)C1=CCNC1c1ccccc1. The van der Waals surface area contributed by atoms with Gasteiger partial charge < -0.3 is 10.4 Å². The molecular formula is C11H11NO2. The first-order valence-corrected chi connectivity index (χ1v) is 4.50. The highest BCUT2D eigenvalue weighted by Gasteiger charge is 2.24. The van der Waals surface area contributed by atoms with Crippen LogP contribution >= 0.6 is 0 Å². The number of carboxylic acid groups (broad SMARTS) is 1. The molecule has 1 unspecified atom stereocenters. The fraction of sp³-hybridized carbons (Fsp3) is 0.182. The molecular weight excluding hydrogens is 178 g/mol. The average Bonchev–Trinajstić information content (AvgIpc) is 2.67. The van der Waals surface area contributed by atoms with Gasteiger partial charge in [0.1, 0.15) is 0 Å². The van der Waals surface area contributed by atoms with Crippen molar-refractivity contribution >= 4 is 5.97 Å². The van der Waals surface area contributed by atoms with Crippen LogP contribution in [0, 0.1) is 0 Å². The number of nitrogens with one attached hydrogen (secondary N) is 1. The van der Waals surface area contributed by atoms with Crippen LogP contribution in [0.5, 0.6) is 0 Å². The highest BCUT2D eigenvalue weighted by molar-refractivity contribution is 5.89. The van der Waals surface area contributed by atoms with Gasteiger partial charge in [0.2, 0.25) is 0 Å². The van der Waals surface area contributed by atoms with Crippen molar-refractivity contribution < 1.29 is 9.90 Å². The topological polar surface area (TPSA) is 49.3 Å². The average molecular weight is 189 g/mol. The van der Waals surface area contributed by atoms with Gasteiger partial charge in [-0.15, -0.1) is 0 Å². The molecule has 0 radical (unpaired) electrons. The summed E-state index contributed by atoms with van der Waals surface area (Å²) in [7, 11) is 0. The highest BCUT2D eigenvalue weighted by Crippen LogP contribution is 2.24. The fourth-order valence-corrected chi connectivity index (χ4v) is 1.67. The Bertz CT molecular complexity index is 370. The second kappa shape index (κ2) is 3.64. The number of carboxylic acids is 1. The van der Waals surface area contributed by atoms with Crippen molar-refractivity contribution in [1.82, 2.24) is 5.32 Å². The van der Waals surface area contributed by atoms with E-state index in [2.05, 4.69) is 5.32 Å². The first-order chi connectivity index (χ1) is 6.79. The van der Waals surface area contributed by atoms with E-state index in [-0.39, 0.29) is 6.04 Å². The Kier molecular flexibility index (Phi) is 2.33. The standard InChI is InChI=1S/C11H11NO2/c13-11(14)9-6-7-12-10(9)8-4-2-1-3-5-8/h1-6,10,12H,7H2,(H,13,14). The fourth-order valence-electron chi connectivity index (χ4n) is 1.67. The van der Waals surface area contributed by atoms with Crippen LogP contribution in [-0.4, -0.2) is 17.6 Å². The summed E-state index contributed by atoms with van der Waals surface area (Å²) in [6.07, 6.45) is 1.72. The first-order valence-electron chi connectivity index (χ1n) is 4.50. The molecule has 0 saturated heterocycles. The van der Waals surface area contributed by atoms with Crippen molar-refractivity contribution in [2.24, 2.45) is 0 Å². The first kappa shape index (κ1) is 8.97. The second-order valence-electron chi connectivity index (χ2n) is 3.22. The van der Waals surface area contributed by atoms with E-state index in [1.54, 1.807) is 6.08 Å². The van der Waals surface area contributed by atoms with E-state index in [0.717, 1.165) is 5.56 Å². The number of carbonyl (C=O) groups is 1. The number of rotatable bonds is 2. The summed E-state index contributed by atoms with van der Waals surface area (Å²) in [4.78, 5) is 10.9. The Balaban J connectivity index is 2.29. The van der Waals surface area contributed by atoms with E-state index >= 15 is 0 Å². The summed E-state index contributed by atoms with van der Waals surface area (Å²) in [5.41, 5.74) is 1.44. The van der Waals surface area contributed by atoms with Gasteiger partial charge in [0.15, 0.2) is 0 Å². The molecule has 0 bridgehead atoms. The lowest BCUT2D eigenvalue weighted by atomic mass is 10.0.